The molecule has 9 heteroatoms. The minimum Gasteiger partial charge on any atom is -0.350 e. The molecule has 0 radical (unpaired) electrons. The molecule has 2 aliphatic heterocycles. The summed E-state index contributed by atoms with van der Waals surface area (Å²) in [5.74, 6) is -0.931. The number of carbonyl (C=O) groups excluding carboxylic acids is 2. The molecule has 2 fully saturated rings. The number of rotatable bonds is 6. The minimum atomic E-state index is -3.66. The molecule has 0 bridgehead atoms. The van der Waals surface area contributed by atoms with Gasteiger partial charge in [0.1, 0.15) is 0 Å². The summed E-state index contributed by atoms with van der Waals surface area (Å²) in [6.07, 6.45) is 4.78. The summed E-state index contributed by atoms with van der Waals surface area (Å²) in [5.41, 5.74) is 0.561. The van der Waals surface area contributed by atoms with Crippen molar-refractivity contribution in [2.45, 2.75) is 38.1 Å². The van der Waals surface area contributed by atoms with E-state index in [0.717, 1.165) is 30.2 Å². The van der Waals surface area contributed by atoms with Gasteiger partial charge in [0.15, 0.2) is 0 Å². The normalized spacial score (nSPS) is 20.4. The first kappa shape index (κ1) is 22.0. The van der Waals surface area contributed by atoms with Crippen molar-refractivity contribution in [1.82, 2.24) is 10.2 Å². The first-order valence-corrected chi connectivity index (χ1v) is 13.2. The van der Waals surface area contributed by atoms with Crippen LogP contribution in [0.15, 0.2) is 41.8 Å². The second-order valence-electron chi connectivity index (χ2n) is 7.97. The fraction of sp³-hybridized carbons (Fsp3) is 0.455. The summed E-state index contributed by atoms with van der Waals surface area (Å²) >= 11 is 1.69. The van der Waals surface area contributed by atoms with Gasteiger partial charge in [-0.3, -0.25) is 14.5 Å². The smallest absolute Gasteiger partial charge is 0.251 e. The number of sulfonamides is 1. The summed E-state index contributed by atoms with van der Waals surface area (Å²) in [6.45, 7) is 2.51. The molecule has 1 atom stereocenters. The van der Waals surface area contributed by atoms with E-state index in [-0.39, 0.29) is 29.8 Å². The summed E-state index contributed by atoms with van der Waals surface area (Å²) in [7, 11) is -3.66. The van der Waals surface area contributed by atoms with E-state index in [9.17, 15) is 18.0 Å². The van der Waals surface area contributed by atoms with E-state index in [0.29, 0.717) is 12.1 Å². The van der Waals surface area contributed by atoms with Gasteiger partial charge in [-0.2, -0.15) is 0 Å². The summed E-state index contributed by atoms with van der Waals surface area (Å²) in [5, 5.41) is 5.08. The van der Waals surface area contributed by atoms with Crippen LogP contribution in [0.1, 0.15) is 53.4 Å². The number of nitrogens with zero attached hydrogens (tertiary/aromatic N) is 2. The van der Waals surface area contributed by atoms with Gasteiger partial charge < -0.3 is 5.32 Å². The van der Waals surface area contributed by atoms with E-state index in [1.54, 1.807) is 29.5 Å². The van der Waals surface area contributed by atoms with Gasteiger partial charge in [0.05, 0.1) is 17.5 Å². The van der Waals surface area contributed by atoms with Crippen molar-refractivity contribution in [2.75, 3.05) is 29.7 Å². The highest BCUT2D eigenvalue weighted by atomic mass is 32.2. The Bertz CT molecular complexity index is 1030. The van der Waals surface area contributed by atoms with Crippen molar-refractivity contribution in [1.29, 1.82) is 0 Å². The number of hydrogen-bond donors (Lipinski definition) is 1. The predicted octanol–water partition coefficient (Wildman–Crippen LogP) is 3.16. The van der Waals surface area contributed by atoms with E-state index in [1.807, 2.05) is 6.07 Å². The van der Waals surface area contributed by atoms with Crippen LogP contribution in [0.2, 0.25) is 0 Å². The highest BCUT2D eigenvalue weighted by Gasteiger charge is 2.36. The van der Waals surface area contributed by atoms with Gasteiger partial charge in [-0.1, -0.05) is 25.0 Å². The number of thiophene rings is 1. The Morgan fingerprint density at radius 3 is 2.52 bits per heavy atom. The molecule has 4 rings (SSSR count). The molecule has 0 saturated carbocycles. The van der Waals surface area contributed by atoms with Gasteiger partial charge in [-0.05, 0) is 55.6 Å². The Hall–Kier alpha value is -2.23. The lowest BCUT2D eigenvalue weighted by Gasteiger charge is -2.30. The van der Waals surface area contributed by atoms with Gasteiger partial charge in [0.25, 0.3) is 5.91 Å². The minimum absolute atomic E-state index is 0.0307. The maximum absolute atomic E-state index is 12.9. The zero-order valence-corrected chi connectivity index (χ0v) is 19.0. The van der Waals surface area contributed by atoms with Gasteiger partial charge >= 0.3 is 0 Å². The first-order valence-electron chi connectivity index (χ1n) is 10.7. The van der Waals surface area contributed by atoms with Gasteiger partial charge in [-0.15, -0.1) is 11.3 Å². The van der Waals surface area contributed by atoms with Crippen molar-refractivity contribution in [3.8, 4) is 0 Å². The van der Waals surface area contributed by atoms with Crippen LogP contribution in [0.4, 0.5) is 5.69 Å². The van der Waals surface area contributed by atoms with Crippen LogP contribution in [-0.2, 0) is 14.8 Å². The first-order chi connectivity index (χ1) is 15.0. The number of benzene rings is 1. The van der Waals surface area contributed by atoms with Crippen LogP contribution < -0.4 is 9.62 Å². The van der Waals surface area contributed by atoms with Crippen molar-refractivity contribution < 1.29 is 18.0 Å². The molecule has 166 valence electrons. The number of carbonyl (C=O) groups is 2. The Labute approximate surface area is 187 Å². The zero-order chi connectivity index (χ0) is 21.8. The Morgan fingerprint density at radius 1 is 1.10 bits per heavy atom. The fourth-order valence-electron chi connectivity index (χ4n) is 4.23. The summed E-state index contributed by atoms with van der Waals surface area (Å²) in [4.78, 5) is 28.6. The van der Waals surface area contributed by atoms with Crippen LogP contribution in [-0.4, -0.2) is 50.5 Å². The average Bonchev–Trinajstić information content (AvgIpc) is 3.27. The van der Waals surface area contributed by atoms with E-state index < -0.39 is 15.9 Å². The van der Waals surface area contributed by atoms with Crippen LogP contribution in [0.3, 0.4) is 0 Å². The quantitative estimate of drug-likeness (QED) is 0.714. The second kappa shape index (κ2) is 9.50. The molecule has 1 aromatic heterocycles. The number of nitrogens with one attached hydrogen (secondary N) is 1. The van der Waals surface area contributed by atoms with Gasteiger partial charge in [0.2, 0.25) is 15.9 Å². The molecule has 31 heavy (non-hydrogen) atoms. The van der Waals surface area contributed by atoms with E-state index >= 15 is 0 Å². The molecule has 0 aliphatic carbocycles. The van der Waals surface area contributed by atoms with E-state index in [2.05, 4.69) is 21.7 Å². The molecule has 2 aliphatic rings. The number of likely N-dealkylation sites (tertiary alicyclic amines) is 1. The van der Waals surface area contributed by atoms with Gasteiger partial charge in [0, 0.05) is 23.4 Å². The predicted molar refractivity (Wildman–Crippen MR) is 122 cm³/mol. The largest absolute Gasteiger partial charge is 0.350 e. The third kappa shape index (κ3) is 4.99. The lowest BCUT2D eigenvalue weighted by Crippen LogP contribution is -2.38. The number of hydrogen-bond acceptors (Lipinski definition) is 6. The third-order valence-electron chi connectivity index (χ3n) is 5.83. The van der Waals surface area contributed by atoms with Crippen LogP contribution in [0.5, 0.6) is 0 Å². The summed E-state index contributed by atoms with van der Waals surface area (Å²) in [6, 6.07) is 10.5. The molecule has 1 unspecified atom stereocenters. The maximum atomic E-state index is 12.9. The van der Waals surface area contributed by atoms with Crippen LogP contribution in [0.25, 0.3) is 0 Å². The van der Waals surface area contributed by atoms with Crippen molar-refractivity contribution in [3.05, 3.63) is 52.2 Å². The van der Waals surface area contributed by atoms with Crippen LogP contribution in [0, 0.1) is 0 Å². The van der Waals surface area contributed by atoms with Crippen LogP contribution >= 0.6 is 11.3 Å². The zero-order valence-electron chi connectivity index (χ0n) is 17.3. The number of anilines is 1. The molecule has 0 spiro atoms. The monoisotopic (exact) mass is 461 g/mol. The standard InChI is InChI=1S/C22H27N3O4S2/c26-21-10-14-31(28,29)25(21)18-8-5-7-17(15-18)22(27)23-16-19(20-9-6-13-30-20)24-11-3-1-2-4-12-24/h5-9,13,15,19H,1-4,10-12,14,16H2,(H,23,27). The van der Waals surface area contributed by atoms with E-state index in [1.165, 1.54) is 23.8 Å². The Morgan fingerprint density at radius 2 is 1.87 bits per heavy atom. The Balaban J connectivity index is 1.49. The molecule has 7 nitrogen and oxygen atoms in total. The molecule has 2 saturated heterocycles. The third-order valence-corrected chi connectivity index (χ3v) is 8.49. The van der Waals surface area contributed by atoms with Crippen molar-refractivity contribution in [2.24, 2.45) is 0 Å². The van der Waals surface area contributed by atoms with E-state index in [4.69, 9.17) is 0 Å². The van der Waals surface area contributed by atoms with Crippen molar-refractivity contribution >= 4 is 38.9 Å². The molecular weight excluding hydrogens is 434 g/mol. The highest BCUT2D eigenvalue weighted by Crippen LogP contribution is 2.28. The molecule has 3 heterocycles. The average molecular weight is 462 g/mol. The second-order valence-corrected chi connectivity index (χ2v) is 10.9. The SMILES string of the molecule is O=C(NCC(c1cccs1)N1CCCCCC1)c1cccc(N2C(=O)CCS2(=O)=O)c1. The molecule has 2 aromatic rings. The fourth-order valence-corrected chi connectivity index (χ4v) is 6.54. The maximum Gasteiger partial charge on any atom is 0.251 e. The molecular formula is C22H27N3O4S2. The lowest BCUT2D eigenvalue weighted by atomic mass is 10.1. The molecule has 1 aromatic carbocycles. The van der Waals surface area contributed by atoms with Gasteiger partial charge in [-0.25, -0.2) is 12.7 Å². The lowest BCUT2D eigenvalue weighted by molar-refractivity contribution is -0.116. The van der Waals surface area contributed by atoms with Crippen molar-refractivity contribution in [3.63, 3.8) is 0 Å². The summed E-state index contributed by atoms with van der Waals surface area (Å²) < 4.78 is 25.2. The highest BCUT2D eigenvalue weighted by molar-refractivity contribution is 7.94. The molecule has 1 N–H and O–H groups in total. The molecule has 2 amide bonds. The number of amides is 2. The topological polar surface area (TPSA) is 86.8 Å². The Kier molecular flexibility index (Phi) is 6.74.